The number of nitrogens with zero attached hydrogens (tertiary/aromatic N) is 3. The van der Waals surface area contributed by atoms with E-state index >= 15 is 0 Å². The number of likely N-dealkylation sites (tertiary alicyclic amines) is 1. The van der Waals surface area contributed by atoms with Crippen molar-refractivity contribution < 1.29 is 19.0 Å². The molecule has 4 aromatic carbocycles. The number of pyridine rings is 1. The van der Waals surface area contributed by atoms with E-state index in [-0.39, 0.29) is 5.91 Å². The minimum Gasteiger partial charge on any atom is -0.493 e. The van der Waals surface area contributed by atoms with Gasteiger partial charge in [0.1, 0.15) is 18.1 Å². The maximum atomic E-state index is 13.2. The van der Waals surface area contributed by atoms with Gasteiger partial charge in [0.25, 0.3) is 0 Å². The summed E-state index contributed by atoms with van der Waals surface area (Å²) in [5, 5.41) is 0.445. The molecule has 1 amide bonds. The van der Waals surface area contributed by atoms with Gasteiger partial charge in [0.05, 0.1) is 17.8 Å². The molecule has 1 fully saturated rings. The summed E-state index contributed by atoms with van der Waals surface area (Å²) >= 11 is 6.66. The molecule has 0 unspecified atom stereocenters. The maximum Gasteiger partial charge on any atom is 0.246 e. The van der Waals surface area contributed by atoms with Gasteiger partial charge in [0.15, 0.2) is 5.75 Å². The SMILES string of the molecule is Cc1ccc(COc2ccc(Oc3c(C)cc(C=CC(=O)N4CC[C@H](N(C)Cc5ccc(CCOc6ccc(C(C)C)cc6)cc5)C4)cc3Cl)nc2)cc1. The molecule has 1 aliphatic rings. The smallest absolute Gasteiger partial charge is 0.246 e. The van der Waals surface area contributed by atoms with E-state index < -0.39 is 0 Å². The Balaban J connectivity index is 0.939. The van der Waals surface area contributed by atoms with Gasteiger partial charge >= 0.3 is 0 Å². The predicted molar refractivity (Wildman–Crippen MR) is 218 cm³/mol. The van der Waals surface area contributed by atoms with Crippen LogP contribution in [0.2, 0.25) is 5.02 Å². The van der Waals surface area contributed by atoms with Crippen LogP contribution in [-0.2, 0) is 24.4 Å². The Morgan fingerprint density at radius 1 is 0.907 bits per heavy atom. The van der Waals surface area contributed by atoms with Crippen molar-refractivity contribution in [2.75, 3.05) is 26.7 Å². The number of hydrogen-bond acceptors (Lipinski definition) is 6. The fourth-order valence-corrected chi connectivity index (χ4v) is 6.80. The van der Waals surface area contributed by atoms with E-state index in [9.17, 15) is 4.79 Å². The predicted octanol–water partition coefficient (Wildman–Crippen LogP) is 10.2. The summed E-state index contributed by atoms with van der Waals surface area (Å²) in [5.74, 6) is 3.02. The lowest BCUT2D eigenvalue weighted by Crippen LogP contribution is -2.35. The van der Waals surface area contributed by atoms with Gasteiger partial charge < -0.3 is 19.1 Å². The van der Waals surface area contributed by atoms with Gasteiger partial charge in [-0.1, -0.05) is 91.7 Å². The molecule has 1 saturated heterocycles. The molecule has 6 rings (SSSR count). The molecule has 7 nitrogen and oxygen atoms in total. The molecule has 8 heteroatoms. The highest BCUT2D eigenvalue weighted by atomic mass is 35.5. The van der Waals surface area contributed by atoms with Gasteiger partial charge in [-0.3, -0.25) is 9.69 Å². The third kappa shape index (κ3) is 10.7. The van der Waals surface area contributed by atoms with Crippen molar-refractivity contribution in [3.05, 3.63) is 153 Å². The molecule has 0 bridgehead atoms. The summed E-state index contributed by atoms with van der Waals surface area (Å²) in [7, 11) is 2.14. The summed E-state index contributed by atoms with van der Waals surface area (Å²) in [6.07, 6.45) is 6.88. The van der Waals surface area contributed by atoms with Crippen LogP contribution in [0.25, 0.3) is 6.08 Å². The number of carbonyl (C=O) groups is 1. The number of likely N-dealkylation sites (N-methyl/N-ethyl adjacent to an activating group) is 1. The topological polar surface area (TPSA) is 64.1 Å². The van der Waals surface area contributed by atoms with Gasteiger partial charge in [0, 0.05) is 44.2 Å². The highest BCUT2D eigenvalue weighted by molar-refractivity contribution is 6.32. The molecule has 1 aromatic heterocycles. The molecule has 0 aliphatic carbocycles. The van der Waals surface area contributed by atoms with Crippen LogP contribution in [-0.4, -0.2) is 53.5 Å². The number of benzene rings is 4. The maximum absolute atomic E-state index is 13.2. The van der Waals surface area contributed by atoms with Crippen molar-refractivity contribution in [1.82, 2.24) is 14.8 Å². The first-order valence-electron chi connectivity index (χ1n) is 18.7. The third-order valence-electron chi connectivity index (χ3n) is 9.87. The quantitative estimate of drug-likeness (QED) is 0.0995. The number of rotatable bonds is 15. The number of carbonyl (C=O) groups excluding carboxylic acids is 1. The van der Waals surface area contributed by atoms with Gasteiger partial charge in [-0.25, -0.2) is 4.98 Å². The van der Waals surface area contributed by atoms with Gasteiger partial charge in [0.2, 0.25) is 11.8 Å². The Labute approximate surface area is 325 Å². The summed E-state index contributed by atoms with van der Waals surface area (Å²) in [4.78, 5) is 21.8. The molecule has 2 heterocycles. The standard InChI is InChI=1S/C46H50ClN3O4/c1-32(2)39-15-17-41(18-16-39)52-25-23-35-10-12-36(13-11-35)29-49(5)40-22-24-50(30-40)45(51)21-14-38-26-34(4)46(43(47)27-38)54-44-20-19-42(28-48-44)53-31-37-8-6-33(3)7-9-37/h6-21,26-28,32,40H,22-25,29-31H2,1-5H3/t40-/m0/s1. The van der Waals surface area contributed by atoms with Gasteiger partial charge in [-0.15, -0.1) is 0 Å². The lowest BCUT2D eigenvalue weighted by atomic mass is 10.0. The van der Waals surface area contributed by atoms with Crippen molar-refractivity contribution in [1.29, 1.82) is 0 Å². The van der Waals surface area contributed by atoms with Crippen molar-refractivity contribution in [3.8, 4) is 23.1 Å². The zero-order valence-electron chi connectivity index (χ0n) is 31.9. The van der Waals surface area contributed by atoms with Gasteiger partial charge in [-0.05, 0) is 103 Å². The monoisotopic (exact) mass is 743 g/mol. The third-order valence-corrected chi connectivity index (χ3v) is 10.2. The van der Waals surface area contributed by atoms with Crippen LogP contribution in [0, 0.1) is 13.8 Å². The molecule has 280 valence electrons. The van der Waals surface area contributed by atoms with Crippen molar-refractivity contribution >= 4 is 23.6 Å². The number of ether oxygens (including phenoxy) is 3. The number of aryl methyl sites for hydroxylation is 2. The van der Waals surface area contributed by atoms with E-state index in [2.05, 4.69) is 110 Å². The second-order valence-electron chi connectivity index (χ2n) is 14.5. The molecule has 0 saturated carbocycles. The van der Waals surface area contributed by atoms with Crippen LogP contribution in [0.15, 0.2) is 109 Å². The number of hydrogen-bond donors (Lipinski definition) is 0. The minimum absolute atomic E-state index is 0.00340. The Kier molecular flexibility index (Phi) is 13.1. The molecule has 5 aromatic rings. The zero-order valence-corrected chi connectivity index (χ0v) is 32.7. The average Bonchev–Trinajstić information content (AvgIpc) is 3.68. The average molecular weight is 744 g/mol. The van der Waals surface area contributed by atoms with E-state index in [1.165, 1.54) is 22.3 Å². The molecule has 1 aliphatic heterocycles. The van der Waals surface area contributed by atoms with Crippen molar-refractivity contribution in [2.24, 2.45) is 0 Å². The first kappa shape index (κ1) is 38.6. The minimum atomic E-state index is -0.00340. The summed E-state index contributed by atoms with van der Waals surface area (Å²) in [6, 6.07) is 33.0. The summed E-state index contributed by atoms with van der Waals surface area (Å²) < 4.78 is 17.9. The van der Waals surface area contributed by atoms with E-state index in [1.54, 1.807) is 24.4 Å². The van der Waals surface area contributed by atoms with E-state index in [0.717, 1.165) is 48.4 Å². The van der Waals surface area contributed by atoms with Crippen LogP contribution < -0.4 is 14.2 Å². The number of aromatic nitrogens is 1. The highest BCUT2D eigenvalue weighted by Crippen LogP contribution is 2.34. The van der Waals surface area contributed by atoms with Gasteiger partial charge in [-0.2, -0.15) is 0 Å². The van der Waals surface area contributed by atoms with Crippen LogP contribution in [0.4, 0.5) is 0 Å². The fraction of sp³-hybridized carbons (Fsp3) is 0.304. The molecular formula is C46H50ClN3O4. The van der Waals surface area contributed by atoms with Crippen LogP contribution >= 0.6 is 11.6 Å². The molecule has 54 heavy (non-hydrogen) atoms. The molecular weight excluding hydrogens is 694 g/mol. The zero-order chi connectivity index (χ0) is 38.0. The molecule has 0 spiro atoms. The lowest BCUT2D eigenvalue weighted by Gasteiger charge is -2.24. The van der Waals surface area contributed by atoms with E-state index in [4.69, 9.17) is 25.8 Å². The Morgan fingerprint density at radius 2 is 1.61 bits per heavy atom. The van der Waals surface area contributed by atoms with Crippen LogP contribution in [0.5, 0.6) is 23.1 Å². The van der Waals surface area contributed by atoms with Crippen molar-refractivity contribution in [3.63, 3.8) is 0 Å². The Morgan fingerprint density at radius 3 is 2.30 bits per heavy atom. The first-order valence-corrected chi connectivity index (χ1v) is 19.1. The second-order valence-corrected chi connectivity index (χ2v) is 14.9. The summed E-state index contributed by atoms with van der Waals surface area (Å²) in [6.45, 7) is 11.7. The Hall–Kier alpha value is -5.11. The Bertz CT molecular complexity index is 1990. The second kappa shape index (κ2) is 18.3. The largest absolute Gasteiger partial charge is 0.493 e. The van der Waals surface area contributed by atoms with E-state index in [0.29, 0.717) is 54.1 Å². The lowest BCUT2D eigenvalue weighted by molar-refractivity contribution is -0.125. The first-order chi connectivity index (χ1) is 26.1. The fourth-order valence-electron chi connectivity index (χ4n) is 6.49. The van der Waals surface area contributed by atoms with Crippen molar-refractivity contribution in [2.45, 2.75) is 65.6 Å². The van der Waals surface area contributed by atoms with Crippen LogP contribution in [0.3, 0.4) is 0 Å². The highest BCUT2D eigenvalue weighted by Gasteiger charge is 2.28. The molecule has 0 radical (unpaired) electrons. The number of halogens is 1. The normalized spacial score (nSPS) is 14.3. The molecule has 0 N–H and O–H groups in total. The summed E-state index contributed by atoms with van der Waals surface area (Å²) in [5.41, 5.74) is 7.80. The van der Waals surface area contributed by atoms with E-state index in [1.807, 2.05) is 30.0 Å². The number of amides is 1. The molecule has 1 atom stereocenters. The van der Waals surface area contributed by atoms with Crippen LogP contribution in [0.1, 0.15) is 65.1 Å².